The van der Waals surface area contributed by atoms with Crippen LogP contribution in [0.2, 0.25) is 0 Å². The number of aliphatic hydroxyl groups is 1. The van der Waals surface area contributed by atoms with Gasteiger partial charge in [-0.3, -0.25) is 4.90 Å². The van der Waals surface area contributed by atoms with Gasteiger partial charge in [-0.15, -0.1) is 0 Å². The third-order valence-corrected chi connectivity index (χ3v) is 4.87. The summed E-state index contributed by atoms with van der Waals surface area (Å²) in [6, 6.07) is 9.65. The fourth-order valence-electron chi connectivity index (χ4n) is 3.67. The zero-order chi connectivity index (χ0) is 15.1. The number of aliphatic hydroxyl groups excluding tert-OH is 1. The van der Waals surface area contributed by atoms with Crippen molar-refractivity contribution in [2.75, 3.05) is 6.61 Å². The van der Waals surface area contributed by atoms with Gasteiger partial charge < -0.3 is 9.84 Å². The summed E-state index contributed by atoms with van der Waals surface area (Å²) >= 11 is 0. The Morgan fingerprint density at radius 1 is 1.33 bits per heavy atom. The van der Waals surface area contributed by atoms with Crippen LogP contribution in [0.5, 0.6) is 0 Å². The van der Waals surface area contributed by atoms with Gasteiger partial charge in [0.05, 0.1) is 11.1 Å². The van der Waals surface area contributed by atoms with Gasteiger partial charge in [0.2, 0.25) is 0 Å². The predicted octanol–water partition coefficient (Wildman–Crippen LogP) is 2.72. The lowest BCUT2D eigenvalue weighted by Gasteiger charge is -2.36. The molecule has 0 aliphatic carbocycles. The second-order valence-electron chi connectivity index (χ2n) is 6.38. The average molecular weight is 287 g/mol. The minimum Gasteiger partial charge on any atom is -0.445 e. The molecule has 2 bridgehead atoms. The molecule has 2 aliphatic rings. The van der Waals surface area contributed by atoms with Gasteiger partial charge in [-0.05, 0) is 25.8 Å². The molecule has 21 heavy (non-hydrogen) atoms. The maximum absolute atomic E-state index is 12.5. The van der Waals surface area contributed by atoms with Crippen LogP contribution in [-0.2, 0) is 11.3 Å². The number of hydrogen-bond donors (Lipinski definition) is 1. The van der Waals surface area contributed by atoms with Crippen molar-refractivity contribution >= 4 is 6.09 Å². The molecule has 1 fully saturated rings. The number of carbonyl (C=O) groups excluding carboxylic acids is 1. The highest BCUT2D eigenvalue weighted by atomic mass is 16.6. The Hall–Kier alpha value is -1.81. The summed E-state index contributed by atoms with van der Waals surface area (Å²) in [6.45, 7) is 4.37. The second-order valence-corrected chi connectivity index (χ2v) is 6.38. The topological polar surface area (TPSA) is 49.8 Å². The minimum atomic E-state index is -0.447. The van der Waals surface area contributed by atoms with Gasteiger partial charge in [0.15, 0.2) is 0 Å². The first-order chi connectivity index (χ1) is 9.99. The normalized spacial score (nSPS) is 33.5. The van der Waals surface area contributed by atoms with Crippen molar-refractivity contribution in [3.8, 4) is 0 Å². The molecule has 4 nitrogen and oxygen atoms in total. The summed E-state index contributed by atoms with van der Waals surface area (Å²) < 4.78 is 5.48. The lowest BCUT2D eigenvalue weighted by molar-refractivity contribution is 0.0527. The highest BCUT2D eigenvalue weighted by Crippen LogP contribution is 2.51. The molecule has 3 atom stereocenters. The molecule has 3 rings (SSSR count). The molecule has 2 aliphatic heterocycles. The number of hydrogen-bond acceptors (Lipinski definition) is 3. The third kappa shape index (κ3) is 2.14. The molecule has 0 saturated carbocycles. The van der Waals surface area contributed by atoms with Crippen LogP contribution in [0.4, 0.5) is 4.79 Å². The van der Waals surface area contributed by atoms with E-state index in [0.29, 0.717) is 0 Å². The summed E-state index contributed by atoms with van der Waals surface area (Å²) in [5, 5.41) is 9.56. The maximum Gasteiger partial charge on any atom is 0.411 e. The second kappa shape index (κ2) is 4.88. The van der Waals surface area contributed by atoms with Crippen molar-refractivity contribution in [3.63, 3.8) is 0 Å². The number of nitrogens with zero attached hydrogens (tertiary/aromatic N) is 1. The summed E-state index contributed by atoms with van der Waals surface area (Å²) in [5.41, 5.74) is 0.173. The van der Waals surface area contributed by atoms with Crippen LogP contribution in [0.15, 0.2) is 42.5 Å². The Morgan fingerprint density at radius 2 is 2.05 bits per heavy atom. The lowest BCUT2D eigenvalue weighted by Crippen LogP contribution is -2.50. The van der Waals surface area contributed by atoms with Gasteiger partial charge in [-0.2, -0.15) is 0 Å². The van der Waals surface area contributed by atoms with E-state index in [4.69, 9.17) is 4.74 Å². The fourth-order valence-corrected chi connectivity index (χ4v) is 3.67. The van der Waals surface area contributed by atoms with E-state index in [1.165, 1.54) is 0 Å². The number of carbonyl (C=O) groups is 1. The number of fused-ring (bicyclic) bond motifs is 2. The molecule has 1 N–H and O–H groups in total. The van der Waals surface area contributed by atoms with Crippen molar-refractivity contribution < 1.29 is 14.6 Å². The molecule has 3 unspecified atom stereocenters. The molecule has 1 amide bonds. The summed E-state index contributed by atoms with van der Waals surface area (Å²) in [4.78, 5) is 14.3. The van der Waals surface area contributed by atoms with E-state index in [2.05, 4.69) is 6.08 Å². The zero-order valence-electron chi connectivity index (χ0n) is 12.5. The van der Waals surface area contributed by atoms with Crippen molar-refractivity contribution in [2.45, 2.75) is 38.0 Å². The average Bonchev–Trinajstić information content (AvgIpc) is 2.88. The van der Waals surface area contributed by atoms with Gasteiger partial charge in [0.1, 0.15) is 6.61 Å². The minimum absolute atomic E-state index is 0.0665. The van der Waals surface area contributed by atoms with E-state index in [-0.39, 0.29) is 30.8 Å². The molecule has 0 aromatic heterocycles. The molecule has 112 valence electrons. The largest absolute Gasteiger partial charge is 0.445 e. The van der Waals surface area contributed by atoms with Crippen LogP contribution in [0.3, 0.4) is 0 Å². The smallest absolute Gasteiger partial charge is 0.411 e. The van der Waals surface area contributed by atoms with Gasteiger partial charge in [-0.1, -0.05) is 42.5 Å². The van der Waals surface area contributed by atoms with Gasteiger partial charge in [0.25, 0.3) is 0 Å². The first-order valence-corrected chi connectivity index (χ1v) is 7.32. The highest BCUT2D eigenvalue weighted by Gasteiger charge is 2.60. The molecule has 2 heterocycles. The summed E-state index contributed by atoms with van der Waals surface area (Å²) in [7, 11) is 0. The maximum atomic E-state index is 12.5. The molecule has 4 heteroatoms. The lowest BCUT2D eigenvalue weighted by atomic mass is 9.81. The number of ether oxygens (including phenoxy) is 1. The van der Waals surface area contributed by atoms with E-state index in [1.807, 2.05) is 50.3 Å². The Balaban J connectivity index is 1.74. The zero-order valence-corrected chi connectivity index (χ0v) is 12.5. The Labute approximate surface area is 125 Å². The van der Waals surface area contributed by atoms with Crippen LogP contribution >= 0.6 is 0 Å². The van der Waals surface area contributed by atoms with Crippen LogP contribution in [0.25, 0.3) is 0 Å². The highest BCUT2D eigenvalue weighted by molar-refractivity contribution is 5.73. The first kappa shape index (κ1) is 14.1. The van der Waals surface area contributed by atoms with Crippen molar-refractivity contribution in [3.05, 3.63) is 48.0 Å². The summed E-state index contributed by atoms with van der Waals surface area (Å²) in [6.07, 6.45) is 4.55. The van der Waals surface area contributed by atoms with Crippen molar-refractivity contribution in [1.29, 1.82) is 0 Å². The number of benzene rings is 1. The molecule has 0 radical (unpaired) electrons. The summed E-state index contributed by atoms with van der Waals surface area (Å²) in [5.74, 6) is 0.0665. The van der Waals surface area contributed by atoms with Crippen LogP contribution in [0.1, 0.15) is 25.8 Å². The standard InChI is InChI=1S/C17H21NO3/c1-16-8-9-17(2,14(10-16)11-19)18(16)15(20)21-12-13-6-4-3-5-7-13/h3-9,14,19H,10-12H2,1-2H3. The molecular formula is C17H21NO3. The third-order valence-electron chi connectivity index (χ3n) is 4.87. The van der Waals surface area contributed by atoms with Gasteiger partial charge >= 0.3 is 6.09 Å². The van der Waals surface area contributed by atoms with E-state index in [0.717, 1.165) is 12.0 Å². The first-order valence-electron chi connectivity index (χ1n) is 7.32. The fraction of sp³-hybridized carbons (Fsp3) is 0.471. The Kier molecular flexibility index (Phi) is 3.29. The van der Waals surface area contributed by atoms with Gasteiger partial charge in [-0.25, -0.2) is 4.79 Å². The Bertz CT molecular complexity index is 571. The van der Waals surface area contributed by atoms with E-state index in [1.54, 1.807) is 4.90 Å². The monoisotopic (exact) mass is 287 g/mol. The van der Waals surface area contributed by atoms with Gasteiger partial charge in [0, 0.05) is 12.5 Å². The van der Waals surface area contributed by atoms with Crippen LogP contribution in [0, 0.1) is 5.92 Å². The van der Waals surface area contributed by atoms with E-state index < -0.39 is 5.54 Å². The van der Waals surface area contributed by atoms with Crippen molar-refractivity contribution in [1.82, 2.24) is 4.90 Å². The van der Waals surface area contributed by atoms with E-state index >= 15 is 0 Å². The quantitative estimate of drug-likeness (QED) is 0.870. The molecule has 1 aromatic carbocycles. The molecule has 1 saturated heterocycles. The Morgan fingerprint density at radius 3 is 2.67 bits per heavy atom. The molecular weight excluding hydrogens is 266 g/mol. The molecule has 0 spiro atoms. The number of amides is 1. The number of rotatable bonds is 3. The SMILES string of the molecule is CC12C=CC(C)(C(CO)C1)N2C(=O)OCc1ccccc1. The molecule has 1 aromatic rings. The van der Waals surface area contributed by atoms with Crippen LogP contribution in [-0.4, -0.2) is 33.8 Å². The van der Waals surface area contributed by atoms with E-state index in [9.17, 15) is 9.90 Å². The predicted molar refractivity (Wildman–Crippen MR) is 79.6 cm³/mol. The van der Waals surface area contributed by atoms with Crippen molar-refractivity contribution in [2.24, 2.45) is 5.92 Å². The van der Waals surface area contributed by atoms with Crippen LogP contribution < -0.4 is 0 Å².